The number of amides is 2. The Morgan fingerprint density at radius 3 is 2.74 bits per heavy atom. The molecule has 0 bridgehead atoms. The monoisotopic (exact) mass is 290 g/mol. The van der Waals surface area contributed by atoms with Crippen LogP contribution in [0, 0.1) is 5.92 Å². The summed E-state index contributed by atoms with van der Waals surface area (Å²) in [7, 11) is 0. The van der Waals surface area contributed by atoms with E-state index in [2.05, 4.69) is 5.32 Å². The van der Waals surface area contributed by atoms with E-state index < -0.39 is 11.7 Å². The molecule has 1 unspecified atom stereocenters. The lowest BCUT2D eigenvalue weighted by Gasteiger charge is -2.20. The number of halogens is 1. The number of hydrogen-bond acceptors (Lipinski definition) is 3. The zero-order chi connectivity index (χ0) is 14.5. The molecule has 1 rings (SSSR count). The predicted octanol–water partition coefficient (Wildman–Crippen LogP) is 1.99. The third-order valence-corrected chi connectivity index (χ3v) is 3.22. The summed E-state index contributed by atoms with van der Waals surface area (Å²) in [6.07, 6.45) is 0.849. The molecule has 0 spiro atoms. The highest BCUT2D eigenvalue weighted by Gasteiger charge is 2.28. The van der Waals surface area contributed by atoms with Crippen LogP contribution in [0.5, 0.6) is 0 Å². The van der Waals surface area contributed by atoms with Gasteiger partial charge < -0.3 is 15.0 Å². The number of ether oxygens (including phenoxy) is 1. The lowest BCUT2D eigenvalue weighted by atomic mass is 10.1. The summed E-state index contributed by atoms with van der Waals surface area (Å²) in [5, 5.41) is 2.68. The maximum atomic E-state index is 11.6. The van der Waals surface area contributed by atoms with Gasteiger partial charge in [0, 0.05) is 31.9 Å². The number of rotatable bonds is 5. The summed E-state index contributed by atoms with van der Waals surface area (Å²) >= 11 is 5.75. The van der Waals surface area contributed by atoms with Gasteiger partial charge in [-0.3, -0.25) is 4.79 Å². The minimum Gasteiger partial charge on any atom is -0.444 e. The Labute approximate surface area is 119 Å². The fourth-order valence-electron chi connectivity index (χ4n) is 1.95. The van der Waals surface area contributed by atoms with E-state index in [0.717, 1.165) is 13.0 Å². The average molecular weight is 291 g/mol. The summed E-state index contributed by atoms with van der Waals surface area (Å²) in [6, 6.07) is 0. The first-order valence-electron chi connectivity index (χ1n) is 6.62. The maximum absolute atomic E-state index is 11.6. The Bertz CT molecular complexity index is 328. The summed E-state index contributed by atoms with van der Waals surface area (Å²) in [6.45, 7) is 7.35. The van der Waals surface area contributed by atoms with Crippen molar-refractivity contribution in [3.05, 3.63) is 0 Å². The van der Waals surface area contributed by atoms with Crippen molar-refractivity contribution in [2.24, 2.45) is 5.92 Å². The molecule has 0 aromatic rings. The molecular weight excluding hydrogens is 268 g/mol. The highest BCUT2D eigenvalue weighted by atomic mass is 35.5. The van der Waals surface area contributed by atoms with Gasteiger partial charge in [0.1, 0.15) is 5.60 Å². The number of nitrogens with one attached hydrogen (secondary N) is 1. The predicted molar refractivity (Wildman–Crippen MR) is 74.3 cm³/mol. The molecule has 1 atom stereocenters. The molecule has 19 heavy (non-hydrogen) atoms. The van der Waals surface area contributed by atoms with Crippen LogP contribution in [0.1, 0.15) is 33.6 Å². The smallest absolute Gasteiger partial charge is 0.407 e. The van der Waals surface area contributed by atoms with Gasteiger partial charge in [-0.25, -0.2) is 4.79 Å². The first-order chi connectivity index (χ1) is 8.81. The molecule has 110 valence electrons. The normalized spacial score (nSPS) is 19.7. The molecule has 5 nitrogen and oxygen atoms in total. The Kier molecular flexibility index (Phi) is 5.91. The van der Waals surface area contributed by atoms with E-state index in [1.54, 1.807) is 0 Å². The molecule has 0 aromatic carbocycles. The van der Waals surface area contributed by atoms with Crippen LogP contribution in [0.25, 0.3) is 0 Å². The van der Waals surface area contributed by atoms with E-state index in [9.17, 15) is 9.59 Å². The van der Waals surface area contributed by atoms with Gasteiger partial charge in [0.2, 0.25) is 5.91 Å². The third-order valence-electron chi connectivity index (χ3n) is 2.79. The number of carbonyl (C=O) groups is 2. The average Bonchev–Trinajstić information content (AvgIpc) is 2.63. The first kappa shape index (κ1) is 16.1. The van der Waals surface area contributed by atoms with Crippen molar-refractivity contribution in [2.45, 2.75) is 39.2 Å². The van der Waals surface area contributed by atoms with E-state index in [-0.39, 0.29) is 11.8 Å². The van der Waals surface area contributed by atoms with Gasteiger partial charge in [0.15, 0.2) is 0 Å². The lowest BCUT2D eigenvalue weighted by Crippen LogP contribution is -2.34. The Morgan fingerprint density at radius 2 is 2.21 bits per heavy atom. The number of alkyl halides is 1. The number of alkyl carbamates (subject to hydrolysis) is 1. The van der Waals surface area contributed by atoms with E-state index in [1.165, 1.54) is 0 Å². The third kappa shape index (κ3) is 6.14. The summed E-state index contributed by atoms with van der Waals surface area (Å²) < 4.78 is 5.12. The summed E-state index contributed by atoms with van der Waals surface area (Å²) in [4.78, 5) is 24.8. The van der Waals surface area contributed by atoms with Crippen LogP contribution in [-0.2, 0) is 9.53 Å². The van der Waals surface area contributed by atoms with Crippen LogP contribution >= 0.6 is 11.6 Å². The van der Waals surface area contributed by atoms with Crippen molar-refractivity contribution in [1.82, 2.24) is 10.2 Å². The van der Waals surface area contributed by atoms with Crippen LogP contribution < -0.4 is 5.32 Å². The van der Waals surface area contributed by atoms with Crippen LogP contribution in [-0.4, -0.2) is 48.0 Å². The fourth-order valence-corrected chi connectivity index (χ4v) is 2.15. The molecule has 1 N–H and O–H groups in total. The highest BCUT2D eigenvalue weighted by Crippen LogP contribution is 2.18. The Morgan fingerprint density at radius 1 is 1.53 bits per heavy atom. The summed E-state index contributed by atoms with van der Waals surface area (Å²) in [5.41, 5.74) is -0.484. The number of carbonyl (C=O) groups excluding carboxylic acids is 2. The van der Waals surface area contributed by atoms with Gasteiger partial charge in [0.25, 0.3) is 0 Å². The SMILES string of the molecule is CC(C)(C)OC(=O)NCCCN1CC(CCl)CC1=O. The molecular formula is C13H23ClN2O3. The second-order valence-electron chi connectivity index (χ2n) is 5.85. The van der Waals surface area contributed by atoms with E-state index in [1.807, 2.05) is 25.7 Å². The molecule has 6 heteroatoms. The quantitative estimate of drug-likeness (QED) is 0.622. The van der Waals surface area contributed by atoms with Crippen LogP contribution in [0.3, 0.4) is 0 Å². The minimum atomic E-state index is -0.484. The van der Waals surface area contributed by atoms with Crippen molar-refractivity contribution in [3.8, 4) is 0 Å². The van der Waals surface area contributed by atoms with Gasteiger partial charge in [-0.2, -0.15) is 0 Å². The molecule has 2 amide bonds. The van der Waals surface area contributed by atoms with Crippen molar-refractivity contribution >= 4 is 23.6 Å². The number of hydrogen-bond donors (Lipinski definition) is 1. The first-order valence-corrected chi connectivity index (χ1v) is 7.16. The van der Waals surface area contributed by atoms with Crippen LogP contribution in [0.2, 0.25) is 0 Å². The van der Waals surface area contributed by atoms with E-state index >= 15 is 0 Å². The second-order valence-corrected chi connectivity index (χ2v) is 6.16. The molecule has 0 saturated carbocycles. The standard InChI is InChI=1S/C13H23ClN2O3/c1-13(2,3)19-12(18)15-5-4-6-16-9-10(8-14)7-11(16)17/h10H,4-9H2,1-3H3,(H,15,18). The molecule has 1 heterocycles. The molecule has 0 radical (unpaired) electrons. The molecule has 1 aliphatic heterocycles. The molecule has 1 aliphatic rings. The number of nitrogens with zero attached hydrogens (tertiary/aromatic N) is 1. The van der Waals surface area contributed by atoms with Gasteiger partial charge in [0.05, 0.1) is 0 Å². The fraction of sp³-hybridized carbons (Fsp3) is 0.846. The van der Waals surface area contributed by atoms with Gasteiger partial charge in [-0.05, 0) is 33.1 Å². The Balaban J connectivity index is 2.14. The zero-order valence-corrected chi connectivity index (χ0v) is 12.6. The van der Waals surface area contributed by atoms with E-state index in [0.29, 0.717) is 25.4 Å². The molecule has 1 fully saturated rings. The number of likely N-dealkylation sites (tertiary alicyclic amines) is 1. The van der Waals surface area contributed by atoms with Crippen LogP contribution in [0.15, 0.2) is 0 Å². The van der Waals surface area contributed by atoms with Crippen molar-refractivity contribution in [1.29, 1.82) is 0 Å². The van der Waals surface area contributed by atoms with Crippen molar-refractivity contribution in [2.75, 3.05) is 25.5 Å². The molecule has 0 aliphatic carbocycles. The summed E-state index contributed by atoms with van der Waals surface area (Å²) in [5.74, 6) is 0.953. The minimum absolute atomic E-state index is 0.155. The van der Waals surface area contributed by atoms with Crippen LogP contribution in [0.4, 0.5) is 4.79 Å². The largest absolute Gasteiger partial charge is 0.444 e. The van der Waals surface area contributed by atoms with Crippen molar-refractivity contribution < 1.29 is 14.3 Å². The lowest BCUT2D eigenvalue weighted by molar-refractivity contribution is -0.127. The Hall–Kier alpha value is -0.970. The maximum Gasteiger partial charge on any atom is 0.407 e. The van der Waals surface area contributed by atoms with Gasteiger partial charge in [-0.15, -0.1) is 11.6 Å². The molecule has 1 saturated heterocycles. The van der Waals surface area contributed by atoms with Crippen molar-refractivity contribution in [3.63, 3.8) is 0 Å². The van der Waals surface area contributed by atoms with Gasteiger partial charge in [-0.1, -0.05) is 0 Å². The zero-order valence-electron chi connectivity index (χ0n) is 11.9. The molecule has 0 aromatic heterocycles. The van der Waals surface area contributed by atoms with Gasteiger partial charge >= 0.3 is 6.09 Å². The van der Waals surface area contributed by atoms with E-state index in [4.69, 9.17) is 16.3 Å². The highest BCUT2D eigenvalue weighted by molar-refractivity contribution is 6.18. The topological polar surface area (TPSA) is 58.6 Å². The second kappa shape index (κ2) is 6.98.